The lowest BCUT2D eigenvalue weighted by atomic mass is 10.0. The Labute approximate surface area is 121 Å². The van der Waals surface area contributed by atoms with Gasteiger partial charge in [0.15, 0.2) is 0 Å². The van der Waals surface area contributed by atoms with E-state index in [9.17, 15) is 9.18 Å². The van der Waals surface area contributed by atoms with Crippen LogP contribution in [0.15, 0.2) is 42.5 Å². The lowest BCUT2D eigenvalue weighted by Gasteiger charge is -2.10. The van der Waals surface area contributed by atoms with E-state index in [2.05, 4.69) is 0 Å². The number of ether oxygens (including phenoxy) is 2. The summed E-state index contributed by atoms with van der Waals surface area (Å²) in [6.45, 7) is 1.98. The highest BCUT2D eigenvalue weighted by Crippen LogP contribution is 2.39. The highest BCUT2D eigenvalue weighted by Gasteiger charge is 2.23. The van der Waals surface area contributed by atoms with Gasteiger partial charge in [0.2, 0.25) is 0 Å². The van der Waals surface area contributed by atoms with Crippen molar-refractivity contribution in [3.8, 4) is 11.5 Å². The molecule has 2 aromatic carbocycles. The summed E-state index contributed by atoms with van der Waals surface area (Å²) < 4.78 is 24.8. The predicted molar refractivity (Wildman–Crippen MR) is 77.4 cm³/mol. The smallest absolute Gasteiger partial charge is 0.338 e. The molecule has 0 spiro atoms. The molecule has 3 rings (SSSR count). The fraction of sp³-hybridized carbons (Fsp3) is 0.118. The molecule has 0 N–H and O–H groups in total. The Bertz CT molecular complexity index is 735. The zero-order chi connectivity index (χ0) is 14.8. The molecule has 0 bridgehead atoms. The molecule has 0 saturated carbocycles. The van der Waals surface area contributed by atoms with E-state index in [1.807, 2.05) is 0 Å². The Kier molecular flexibility index (Phi) is 3.44. The topological polar surface area (TPSA) is 35.5 Å². The average Bonchev–Trinajstić information content (AvgIpc) is 2.65. The minimum atomic E-state index is -0.496. The van der Waals surface area contributed by atoms with Crippen molar-refractivity contribution < 1.29 is 18.7 Å². The van der Waals surface area contributed by atoms with Gasteiger partial charge in [0.05, 0.1) is 17.7 Å². The van der Waals surface area contributed by atoms with Gasteiger partial charge >= 0.3 is 5.97 Å². The van der Waals surface area contributed by atoms with Crippen molar-refractivity contribution in [2.75, 3.05) is 6.61 Å². The van der Waals surface area contributed by atoms with Crippen molar-refractivity contribution in [3.05, 3.63) is 59.4 Å². The predicted octanol–water partition coefficient (Wildman–Crippen LogP) is 4.04. The van der Waals surface area contributed by atoms with Crippen LogP contribution in [0.25, 0.3) is 11.6 Å². The van der Waals surface area contributed by atoms with Gasteiger partial charge in [0.25, 0.3) is 0 Å². The SMILES string of the molecule is CCOC(=O)C1=Cc2c(F)cccc2Oc2ccccc21. The number of benzene rings is 2. The van der Waals surface area contributed by atoms with Gasteiger partial charge in [-0.1, -0.05) is 24.3 Å². The first-order chi connectivity index (χ1) is 10.2. The molecule has 0 saturated heterocycles. The molecule has 0 atom stereocenters. The molecule has 106 valence electrons. The van der Waals surface area contributed by atoms with Crippen LogP contribution in [-0.4, -0.2) is 12.6 Å². The van der Waals surface area contributed by atoms with E-state index in [1.54, 1.807) is 43.3 Å². The van der Waals surface area contributed by atoms with Crippen LogP contribution >= 0.6 is 0 Å². The van der Waals surface area contributed by atoms with Crippen molar-refractivity contribution in [2.24, 2.45) is 0 Å². The number of rotatable bonds is 2. The van der Waals surface area contributed by atoms with Crippen LogP contribution in [0.1, 0.15) is 18.1 Å². The lowest BCUT2D eigenvalue weighted by Crippen LogP contribution is -2.06. The van der Waals surface area contributed by atoms with E-state index in [-0.39, 0.29) is 17.7 Å². The summed E-state index contributed by atoms with van der Waals surface area (Å²) in [6.07, 6.45) is 1.48. The zero-order valence-electron chi connectivity index (χ0n) is 11.4. The van der Waals surface area contributed by atoms with Crippen molar-refractivity contribution in [2.45, 2.75) is 6.92 Å². The van der Waals surface area contributed by atoms with Crippen LogP contribution in [0.2, 0.25) is 0 Å². The molecule has 1 heterocycles. The maximum atomic E-state index is 14.0. The van der Waals surface area contributed by atoms with Gasteiger partial charge in [-0.3, -0.25) is 0 Å². The van der Waals surface area contributed by atoms with Crippen molar-refractivity contribution in [1.82, 2.24) is 0 Å². The third kappa shape index (κ3) is 2.40. The van der Waals surface area contributed by atoms with Crippen molar-refractivity contribution in [3.63, 3.8) is 0 Å². The number of carbonyl (C=O) groups is 1. The highest BCUT2D eigenvalue weighted by molar-refractivity contribution is 6.22. The summed E-state index contributed by atoms with van der Waals surface area (Å²) in [4.78, 5) is 12.2. The van der Waals surface area contributed by atoms with E-state index in [4.69, 9.17) is 9.47 Å². The first-order valence-electron chi connectivity index (χ1n) is 6.65. The summed E-state index contributed by atoms with van der Waals surface area (Å²) in [5.41, 5.74) is 1.12. The van der Waals surface area contributed by atoms with E-state index < -0.39 is 11.8 Å². The second-order valence-corrected chi connectivity index (χ2v) is 4.53. The monoisotopic (exact) mass is 284 g/mol. The number of esters is 1. The van der Waals surface area contributed by atoms with Crippen LogP contribution in [0.5, 0.6) is 11.5 Å². The Morgan fingerprint density at radius 2 is 1.90 bits per heavy atom. The lowest BCUT2D eigenvalue weighted by molar-refractivity contribution is -0.136. The van der Waals surface area contributed by atoms with Gasteiger partial charge in [-0.15, -0.1) is 0 Å². The number of carbonyl (C=O) groups excluding carboxylic acids is 1. The Morgan fingerprint density at radius 1 is 1.14 bits per heavy atom. The van der Waals surface area contributed by atoms with Gasteiger partial charge in [-0.2, -0.15) is 0 Å². The zero-order valence-corrected chi connectivity index (χ0v) is 11.4. The second-order valence-electron chi connectivity index (χ2n) is 4.53. The standard InChI is InChI=1S/C17H13FO3/c1-2-20-17(19)12-10-13-14(18)7-5-9-16(13)21-15-8-4-3-6-11(12)15/h3-10H,2H2,1H3. The molecule has 0 unspecified atom stereocenters. The molecule has 1 aliphatic rings. The van der Waals surface area contributed by atoms with Gasteiger partial charge < -0.3 is 9.47 Å². The Hall–Kier alpha value is -2.62. The fourth-order valence-corrected chi connectivity index (χ4v) is 2.24. The van der Waals surface area contributed by atoms with Crippen molar-refractivity contribution in [1.29, 1.82) is 0 Å². The first kappa shape index (κ1) is 13.4. The van der Waals surface area contributed by atoms with Crippen LogP contribution in [0, 0.1) is 5.82 Å². The van der Waals surface area contributed by atoms with E-state index in [0.29, 0.717) is 17.1 Å². The Morgan fingerprint density at radius 3 is 2.71 bits per heavy atom. The molecule has 0 radical (unpaired) electrons. The average molecular weight is 284 g/mol. The summed E-state index contributed by atoms with van der Waals surface area (Å²) in [5, 5.41) is 0. The number of hydrogen-bond acceptors (Lipinski definition) is 3. The molecule has 0 amide bonds. The van der Waals surface area contributed by atoms with Crippen LogP contribution < -0.4 is 4.74 Å². The third-order valence-corrected chi connectivity index (χ3v) is 3.19. The van der Waals surface area contributed by atoms with E-state index >= 15 is 0 Å². The van der Waals surface area contributed by atoms with Gasteiger partial charge in [0.1, 0.15) is 17.3 Å². The summed E-state index contributed by atoms with van der Waals surface area (Å²) in [5.74, 6) is -0.0605. The molecule has 1 aliphatic heterocycles. The molecular formula is C17H13FO3. The quantitative estimate of drug-likeness (QED) is 0.781. The van der Waals surface area contributed by atoms with Crippen molar-refractivity contribution >= 4 is 17.6 Å². The first-order valence-corrected chi connectivity index (χ1v) is 6.65. The van der Waals surface area contributed by atoms with Gasteiger partial charge in [-0.05, 0) is 31.2 Å². The molecule has 0 fully saturated rings. The molecule has 0 aromatic heterocycles. The van der Waals surface area contributed by atoms with Crippen LogP contribution in [0.4, 0.5) is 4.39 Å². The summed E-state index contributed by atoms with van der Waals surface area (Å²) >= 11 is 0. The second kappa shape index (κ2) is 5.40. The normalized spacial score (nSPS) is 12.4. The summed E-state index contributed by atoms with van der Waals surface area (Å²) in [6, 6.07) is 11.6. The Balaban J connectivity index is 2.23. The largest absolute Gasteiger partial charge is 0.462 e. The number of hydrogen-bond donors (Lipinski definition) is 0. The molecular weight excluding hydrogens is 271 g/mol. The van der Waals surface area contributed by atoms with E-state index in [1.165, 1.54) is 12.1 Å². The van der Waals surface area contributed by atoms with Crippen LogP contribution in [0.3, 0.4) is 0 Å². The fourth-order valence-electron chi connectivity index (χ4n) is 2.24. The minimum Gasteiger partial charge on any atom is -0.462 e. The van der Waals surface area contributed by atoms with Gasteiger partial charge in [-0.25, -0.2) is 9.18 Å². The number of para-hydroxylation sites is 1. The molecule has 2 aromatic rings. The maximum absolute atomic E-state index is 14.0. The van der Waals surface area contributed by atoms with E-state index in [0.717, 1.165) is 0 Å². The summed E-state index contributed by atoms with van der Waals surface area (Å²) in [7, 11) is 0. The van der Waals surface area contributed by atoms with Crippen LogP contribution in [-0.2, 0) is 9.53 Å². The molecule has 4 heteroatoms. The minimum absolute atomic E-state index is 0.247. The van der Waals surface area contributed by atoms with Gasteiger partial charge in [0, 0.05) is 5.56 Å². The molecule has 0 aliphatic carbocycles. The molecule has 3 nitrogen and oxygen atoms in total. The highest BCUT2D eigenvalue weighted by atomic mass is 19.1. The molecule has 21 heavy (non-hydrogen) atoms. The number of fused-ring (bicyclic) bond motifs is 2. The maximum Gasteiger partial charge on any atom is 0.338 e. The number of halogens is 1. The third-order valence-electron chi connectivity index (χ3n) is 3.19.